The number of carbonyl (C=O) groups is 1. The predicted molar refractivity (Wildman–Crippen MR) is 83.3 cm³/mol. The van der Waals surface area contributed by atoms with E-state index in [0.29, 0.717) is 41.4 Å². The fraction of sp³-hybridized carbons (Fsp3) is 0.692. The molecule has 20 heavy (non-hydrogen) atoms. The first-order chi connectivity index (χ1) is 9.49. The molecule has 0 radical (unpaired) electrons. The summed E-state index contributed by atoms with van der Waals surface area (Å²) in [7, 11) is 1.62. The van der Waals surface area contributed by atoms with Gasteiger partial charge in [0.1, 0.15) is 10.7 Å². The number of rotatable bonds is 8. The molecule has 0 fully saturated rings. The summed E-state index contributed by atoms with van der Waals surface area (Å²) in [4.78, 5) is 18.8. The van der Waals surface area contributed by atoms with Crippen LogP contribution in [-0.2, 0) is 4.74 Å². The zero-order valence-corrected chi connectivity index (χ0v) is 13.4. The monoisotopic (exact) mass is 300 g/mol. The Balaban J connectivity index is 2.76. The minimum absolute atomic E-state index is 0.0860. The highest BCUT2D eigenvalue weighted by atomic mass is 32.1. The van der Waals surface area contributed by atoms with Gasteiger partial charge < -0.3 is 20.7 Å². The maximum Gasteiger partial charge on any atom is 0.267 e. The van der Waals surface area contributed by atoms with E-state index in [-0.39, 0.29) is 5.91 Å². The number of nitrogen functional groups attached to an aromatic ring is 1. The average molecular weight is 300 g/mol. The molecule has 0 aliphatic heterocycles. The molecule has 0 spiro atoms. The molecule has 1 rings (SSSR count). The van der Waals surface area contributed by atoms with Crippen molar-refractivity contribution in [3.63, 3.8) is 0 Å². The van der Waals surface area contributed by atoms with Gasteiger partial charge in [0, 0.05) is 26.7 Å². The van der Waals surface area contributed by atoms with Crippen LogP contribution in [0, 0.1) is 5.92 Å². The van der Waals surface area contributed by atoms with Crippen molar-refractivity contribution in [3.05, 3.63) is 4.88 Å². The number of methoxy groups -OCH3 is 1. The number of nitrogens with two attached hydrogens (primary N) is 1. The number of thiazole rings is 1. The van der Waals surface area contributed by atoms with Crippen LogP contribution in [0.1, 0.15) is 30.4 Å². The van der Waals surface area contributed by atoms with Gasteiger partial charge in [-0.3, -0.25) is 4.79 Å². The molecule has 1 heterocycles. The average Bonchev–Trinajstić information content (AvgIpc) is 2.78. The molecule has 0 atom stereocenters. The molecule has 0 saturated heterocycles. The van der Waals surface area contributed by atoms with E-state index >= 15 is 0 Å². The summed E-state index contributed by atoms with van der Waals surface area (Å²) in [6, 6.07) is 0. The Labute approximate surface area is 124 Å². The van der Waals surface area contributed by atoms with E-state index in [9.17, 15) is 4.79 Å². The summed E-state index contributed by atoms with van der Waals surface area (Å²) < 4.78 is 5.01. The Morgan fingerprint density at radius 3 is 2.80 bits per heavy atom. The number of anilines is 2. The van der Waals surface area contributed by atoms with Crippen LogP contribution in [0.2, 0.25) is 0 Å². The highest BCUT2D eigenvalue weighted by Gasteiger charge is 2.21. The highest BCUT2D eigenvalue weighted by Crippen LogP contribution is 2.26. The maximum atomic E-state index is 12.4. The number of nitrogens with one attached hydrogen (secondary N) is 1. The van der Waals surface area contributed by atoms with Gasteiger partial charge in [-0.05, 0) is 12.8 Å². The molecule has 0 aromatic carbocycles. The second kappa shape index (κ2) is 8.06. The zero-order chi connectivity index (χ0) is 15.1. The molecule has 114 valence electrons. The standard InChI is InChI=1S/C13H24N4O2S/c1-5-17(6-7-19-4)12(18)10-11(14)16-13(20-10)15-8-9(2)3/h9H,5-8,14H2,1-4H3,(H,15,16). The van der Waals surface area contributed by atoms with Crippen LogP contribution < -0.4 is 11.1 Å². The van der Waals surface area contributed by atoms with Gasteiger partial charge >= 0.3 is 0 Å². The van der Waals surface area contributed by atoms with Crippen molar-refractivity contribution in [2.45, 2.75) is 20.8 Å². The van der Waals surface area contributed by atoms with Crippen molar-refractivity contribution in [1.29, 1.82) is 0 Å². The highest BCUT2D eigenvalue weighted by molar-refractivity contribution is 7.18. The first-order valence-electron chi connectivity index (χ1n) is 6.77. The van der Waals surface area contributed by atoms with Crippen LogP contribution in [0.15, 0.2) is 0 Å². The van der Waals surface area contributed by atoms with E-state index in [0.717, 1.165) is 6.54 Å². The molecule has 3 N–H and O–H groups in total. The number of carbonyl (C=O) groups excluding carboxylic acids is 1. The van der Waals surface area contributed by atoms with Crippen LogP contribution in [0.4, 0.5) is 10.9 Å². The number of nitrogens with zero attached hydrogens (tertiary/aromatic N) is 2. The van der Waals surface area contributed by atoms with Gasteiger partial charge in [0.05, 0.1) is 6.61 Å². The molecule has 6 nitrogen and oxygen atoms in total. The maximum absolute atomic E-state index is 12.4. The second-order valence-electron chi connectivity index (χ2n) is 4.89. The summed E-state index contributed by atoms with van der Waals surface area (Å²) in [6.07, 6.45) is 0. The largest absolute Gasteiger partial charge is 0.383 e. The van der Waals surface area contributed by atoms with Crippen molar-refractivity contribution in [1.82, 2.24) is 9.88 Å². The predicted octanol–water partition coefficient (Wildman–Crippen LogP) is 1.90. The quantitative estimate of drug-likeness (QED) is 0.766. The van der Waals surface area contributed by atoms with Gasteiger partial charge in [0.25, 0.3) is 5.91 Å². The van der Waals surface area contributed by atoms with Gasteiger partial charge in [-0.1, -0.05) is 25.2 Å². The molecule has 0 saturated carbocycles. The third kappa shape index (κ3) is 4.64. The van der Waals surface area contributed by atoms with E-state index in [1.165, 1.54) is 11.3 Å². The molecule has 0 unspecified atom stereocenters. The summed E-state index contributed by atoms with van der Waals surface area (Å²) in [5, 5.41) is 3.89. The number of ether oxygens (including phenoxy) is 1. The molecule has 1 amide bonds. The lowest BCUT2D eigenvalue weighted by Crippen LogP contribution is -2.33. The van der Waals surface area contributed by atoms with Gasteiger partial charge in [0.15, 0.2) is 5.13 Å². The zero-order valence-electron chi connectivity index (χ0n) is 12.6. The van der Waals surface area contributed by atoms with Gasteiger partial charge in [-0.2, -0.15) is 0 Å². The lowest BCUT2D eigenvalue weighted by atomic mass is 10.2. The summed E-state index contributed by atoms with van der Waals surface area (Å²) in [5.41, 5.74) is 5.85. The van der Waals surface area contributed by atoms with E-state index in [2.05, 4.69) is 24.1 Å². The lowest BCUT2D eigenvalue weighted by molar-refractivity contribution is 0.0712. The molecule has 1 aromatic heterocycles. The van der Waals surface area contributed by atoms with Crippen molar-refractivity contribution in [3.8, 4) is 0 Å². The minimum Gasteiger partial charge on any atom is -0.383 e. The summed E-state index contributed by atoms with van der Waals surface area (Å²) in [5.74, 6) is 0.715. The molecule has 0 aliphatic rings. The fourth-order valence-corrected chi connectivity index (χ4v) is 2.46. The topological polar surface area (TPSA) is 80.5 Å². The first kappa shape index (κ1) is 16.7. The first-order valence-corrected chi connectivity index (χ1v) is 7.59. The number of hydrogen-bond acceptors (Lipinski definition) is 6. The SMILES string of the molecule is CCN(CCOC)C(=O)c1sc(NCC(C)C)nc1N. The number of hydrogen-bond donors (Lipinski definition) is 2. The number of likely N-dealkylation sites (N-methyl/N-ethyl adjacent to an activating group) is 1. The van der Waals surface area contributed by atoms with E-state index in [1.54, 1.807) is 12.0 Å². The number of amides is 1. The Morgan fingerprint density at radius 1 is 1.55 bits per heavy atom. The third-order valence-corrected chi connectivity index (χ3v) is 3.76. The van der Waals surface area contributed by atoms with Crippen molar-refractivity contribution >= 4 is 28.2 Å². The molecule has 0 aliphatic carbocycles. The van der Waals surface area contributed by atoms with Crippen LogP contribution in [0.25, 0.3) is 0 Å². The lowest BCUT2D eigenvalue weighted by Gasteiger charge is -2.19. The molecular weight excluding hydrogens is 276 g/mol. The normalized spacial score (nSPS) is 10.8. The van der Waals surface area contributed by atoms with Crippen LogP contribution in [-0.4, -0.2) is 49.1 Å². The Bertz CT molecular complexity index is 434. The van der Waals surface area contributed by atoms with Gasteiger partial charge in [-0.15, -0.1) is 0 Å². The van der Waals surface area contributed by atoms with E-state index in [4.69, 9.17) is 10.5 Å². The fourth-order valence-electron chi connectivity index (χ4n) is 1.60. The van der Waals surface area contributed by atoms with Crippen molar-refractivity contribution in [2.75, 3.05) is 44.4 Å². The van der Waals surface area contributed by atoms with Crippen LogP contribution in [0.5, 0.6) is 0 Å². The Morgan fingerprint density at radius 2 is 2.25 bits per heavy atom. The van der Waals surface area contributed by atoms with Gasteiger partial charge in [-0.25, -0.2) is 4.98 Å². The van der Waals surface area contributed by atoms with Crippen LogP contribution >= 0.6 is 11.3 Å². The third-order valence-electron chi connectivity index (χ3n) is 2.74. The molecular formula is C13H24N4O2S. The Kier molecular flexibility index (Phi) is 6.74. The summed E-state index contributed by atoms with van der Waals surface area (Å²) in [6.45, 7) is 8.65. The molecule has 0 bridgehead atoms. The Hall–Kier alpha value is -1.34. The van der Waals surface area contributed by atoms with Crippen LogP contribution in [0.3, 0.4) is 0 Å². The van der Waals surface area contributed by atoms with E-state index in [1.807, 2.05) is 6.92 Å². The minimum atomic E-state index is -0.0860. The van der Waals surface area contributed by atoms with Crippen molar-refractivity contribution in [2.24, 2.45) is 5.92 Å². The van der Waals surface area contributed by atoms with Crippen molar-refractivity contribution < 1.29 is 9.53 Å². The smallest absolute Gasteiger partial charge is 0.267 e. The molecule has 1 aromatic rings. The van der Waals surface area contributed by atoms with E-state index < -0.39 is 0 Å². The number of aromatic nitrogens is 1. The van der Waals surface area contributed by atoms with Gasteiger partial charge in [0.2, 0.25) is 0 Å². The second-order valence-corrected chi connectivity index (χ2v) is 5.88. The molecule has 7 heteroatoms. The summed E-state index contributed by atoms with van der Waals surface area (Å²) >= 11 is 1.31.